The minimum absolute atomic E-state index is 0.0971. The van der Waals surface area contributed by atoms with Crippen molar-refractivity contribution in [1.82, 2.24) is 19.1 Å². The maximum Gasteiger partial charge on any atom is 0.271 e. The smallest absolute Gasteiger partial charge is 0.271 e. The minimum Gasteiger partial charge on any atom is -0.327 e. The number of aromatic nitrogens is 4. The molecule has 3 aromatic heterocycles. The number of rotatable bonds is 3. The molecule has 0 aliphatic carbocycles. The quantitative estimate of drug-likeness (QED) is 0.581. The third kappa shape index (κ3) is 2.16. The van der Waals surface area contributed by atoms with E-state index >= 15 is 0 Å². The van der Waals surface area contributed by atoms with Gasteiger partial charge in [0, 0.05) is 6.54 Å². The number of thiophene rings is 1. The lowest BCUT2D eigenvalue weighted by molar-refractivity contribution is 0.635. The molecule has 1 aromatic carbocycles. The third-order valence-corrected chi connectivity index (χ3v) is 4.76. The first-order valence-corrected chi connectivity index (χ1v) is 8.13. The van der Waals surface area contributed by atoms with Crippen molar-refractivity contribution in [3.8, 4) is 0 Å². The van der Waals surface area contributed by atoms with E-state index in [4.69, 9.17) is 0 Å². The van der Waals surface area contributed by atoms with Crippen molar-refractivity contribution in [3.05, 3.63) is 58.0 Å². The van der Waals surface area contributed by atoms with Crippen LogP contribution in [0.2, 0.25) is 0 Å². The molecule has 0 N–H and O–H groups in total. The lowest BCUT2D eigenvalue weighted by atomic mass is 10.3. The Labute approximate surface area is 134 Å². The molecule has 116 valence electrons. The molecule has 5 nitrogen and oxygen atoms in total. The van der Waals surface area contributed by atoms with E-state index in [9.17, 15) is 9.18 Å². The Morgan fingerprint density at radius 1 is 1.30 bits per heavy atom. The van der Waals surface area contributed by atoms with Gasteiger partial charge in [0.1, 0.15) is 16.0 Å². The van der Waals surface area contributed by atoms with Gasteiger partial charge in [0.05, 0.1) is 23.9 Å². The fraction of sp³-hybridized carbons (Fsp3) is 0.188. The fourth-order valence-electron chi connectivity index (χ4n) is 2.78. The highest BCUT2D eigenvalue weighted by atomic mass is 32.1. The van der Waals surface area contributed by atoms with Crippen LogP contribution in [0, 0.1) is 5.82 Å². The lowest BCUT2D eigenvalue weighted by Crippen LogP contribution is -2.22. The molecule has 0 amide bonds. The molecule has 23 heavy (non-hydrogen) atoms. The molecule has 0 saturated heterocycles. The van der Waals surface area contributed by atoms with Gasteiger partial charge < -0.3 is 4.57 Å². The summed E-state index contributed by atoms with van der Waals surface area (Å²) in [4.78, 5) is 21.2. The first kappa shape index (κ1) is 14.1. The van der Waals surface area contributed by atoms with Crippen LogP contribution in [0.5, 0.6) is 0 Å². The van der Waals surface area contributed by atoms with Crippen molar-refractivity contribution in [2.45, 2.75) is 20.0 Å². The van der Waals surface area contributed by atoms with Crippen LogP contribution in [0.15, 0.2) is 40.8 Å². The highest BCUT2D eigenvalue weighted by Gasteiger charge is 2.14. The molecule has 0 atom stereocenters. The summed E-state index contributed by atoms with van der Waals surface area (Å²) in [6.45, 7) is 2.89. The van der Waals surface area contributed by atoms with Gasteiger partial charge in [0.25, 0.3) is 5.56 Å². The van der Waals surface area contributed by atoms with Gasteiger partial charge in [-0.25, -0.2) is 14.4 Å². The zero-order chi connectivity index (χ0) is 16.0. The number of benzene rings is 1. The topological polar surface area (TPSA) is 52.7 Å². The summed E-state index contributed by atoms with van der Waals surface area (Å²) in [5, 5.41) is 1.85. The predicted molar refractivity (Wildman–Crippen MR) is 88.3 cm³/mol. The summed E-state index contributed by atoms with van der Waals surface area (Å²) >= 11 is 1.37. The molecule has 0 saturated carbocycles. The first-order valence-electron chi connectivity index (χ1n) is 7.25. The van der Waals surface area contributed by atoms with Crippen LogP contribution in [0.25, 0.3) is 21.3 Å². The largest absolute Gasteiger partial charge is 0.327 e. The van der Waals surface area contributed by atoms with E-state index in [1.54, 1.807) is 6.07 Å². The minimum atomic E-state index is -0.352. The van der Waals surface area contributed by atoms with Gasteiger partial charge in [-0.15, -0.1) is 11.3 Å². The second-order valence-corrected chi connectivity index (χ2v) is 6.11. The summed E-state index contributed by atoms with van der Waals surface area (Å²) in [5.74, 6) is 0.294. The number of aryl methyl sites for hydroxylation is 1. The van der Waals surface area contributed by atoms with Crippen LogP contribution in [0.3, 0.4) is 0 Å². The molecule has 0 fully saturated rings. The Morgan fingerprint density at radius 2 is 2.17 bits per heavy atom. The Bertz CT molecular complexity index is 1080. The highest BCUT2D eigenvalue weighted by Crippen LogP contribution is 2.20. The summed E-state index contributed by atoms with van der Waals surface area (Å²) in [6, 6.07) is 6.72. The van der Waals surface area contributed by atoms with Gasteiger partial charge in [-0.3, -0.25) is 9.36 Å². The van der Waals surface area contributed by atoms with Crippen molar-refractivity contribution >= 4 is 32.6 Å². The monoisotopic (exact) mass is 328 g/mol. The SMILES string of the molecule is CCn1c(Cn2cnc3ccsc3c2=O)nc2c(F)cccc21. The van der Waals surface area contributed by atoms with E-state index in [1.807, 2.05) is 29.0 Å². The van der Waals surface area contributed by atoms with Gasteiger partial charge in [-0.2, -0.15) is 0 Å². The van der Waals surface area contributed by atoms with Gasteiger partial charge in [-0.05, 0) is 30.5 Å². The van der Waals surface area contributed by atoms with Crippen molar-refractivity contribution in [1.29, 1.82) is 0 Å². The molecule has 0 bridgehead atoms. The zero-order valence-corrected chi connectivity index (χ0v) is 13.2. The zero-order valence-electron chi connectivity index (χ0n) is 12.4. The molecule has 0 radical (unpaired) electrons. The summed E-state index contributed by atoms with van der Waals surface area (Å²) in [7, 11) is 0. The average molecular weight is 328 g/mol. The Balaban J connectivity index is 1.87. The molecule has 0 unspecified atom stereocenters. The molecule has 3 heterocycles. The summed E-state index contributed by atoms with van der Waals surface area (Å²) < 4.78 is 18.0. The maximum atomic E-state index is 13.9. The molecule has 0 aliphatic rings. The van der Waals surface area contributed by atoms with Crippen LogP contribution in [-0.2, 0) is 13.1 Å². The number of nitrogens with zero attached hydrogens (tertiary/aromatic N) is 4. The van der Waals surface area contributed by atoms with Crippen molar-refractivity contribution in [2.24, 2.45) is 0 Å². The Morgan fingerprint density at radius 3 is 3.00 bits per heavy atom. The third-order valence-electron chi connectivity index (χ3n) is 3.87. The van der Waals surface area contributed by atoms with E-state index in [0.717, 1.165) is 5.52 Å². The lowest BCUT2D eigenvalue weighted by Gasteiger charge is -2.08. The molecule has 4 aromatic rings. The van der Waals surface area contributed by atoms with Gasteiger partial charge in [0.15, 0.2) is 5.82 Å². The first-order chi connectivity index (χ1) is 11.2. The van der Waals surface area contributed by atoms with E-state index in [2.05, 4.69) is 9.97 Å². The number of para-hydroxylation sites is 1. The van der Waals surface area contributed by atoms with Crippen LogP contribution in [-0.4, -0.2) is 19.1 Å². The number of hydrogen-bond donors (Lipinski definition) is 0. The van der Waals surface area contributed by atoms with Crippen LogP contribution >= 0.6 is 11.3 Å². The summed E-state index contributed by atoms with van der Waals surface area (Å²) in [6.07, 6.45) is 1.52. The fourth-order valence-corrected chi connectivity index (χ4v) is 3.57. The summed E-state index contributed by atoms with van der Waals surface area (Å²) in [5.41, 5.74) is 1.68. The molecular weight excluding hydrogens is 315 g/mol. The van der Waals surface area contributed by atoms with Crippen molar-refractivity contribution in [2.75, 3.05) is 0 Å². The van der Waals surface area contributed by atoms with Crippen molar-refractivity contribution in [3.63, 3.8) is 0 Å². The number of fused-ring (bicyclic) bond motifs is 2. The Hall–Kier alpha value is -2.54. The highest BCUT2D eigenvalue weighted by molar-refractivity contribution is 7.17. The van der Waals surface area contributed by atoms with E-state index < -0.39 is 0 Å². The maximum absolute atomic E-state index is 13.9. The van der Waals surface area contributed by atoms with Gasteiger partial charge >= 0.3 is 0 Å². The molecule has 0 spiro atoms. The van der Waals surface area contributed by atoms with Crippen LogP contribution in [0.1, 0.15) is 12.7 Å². The van der Waals surface area contributed by atoms with E-state index in [1.165, 1.54) is 28.3 Å². The number of halogens is 1. The molecule has 4 rings (SSSR count). The second kappa shape index (κ2) is 5.27. The van der Waals surface area contributed by atoms with Crippen LogP contribution in [0.4, 0.5) is 4.39 Å². The van der Waals surface area contributed by atoms with E-state index in [-0.39, 0.29) is 17.9 Å². The predicted octanol–water partition coefficient (Wildman–Crippen LogP) is 3.02. The van der Waals surface area contributed by atoms with Crippen LogP contribution < -0.4 is 5.56 Å². The van der Waals surface area contributed by atoms with Gasteiger partial charge in [-0.1, -0.05) is 6.07 Å². The standard InChI is InChI=1S/C16H13FN4OS/c1-2-21-12-5-3-4-10(17)14(12)19-13(21)8-20-9-18-11-6-7-23-15(11)16(20)22/h3-7,9H,2,8H2,1H3. The molecular formula is C16H13FN4OS. The Kier molecular flexibility index (Phi) is 3.23. The normalized spacial score (nSPS) is 11.6. The van der Waals surface area contributed by atoms with E-state index in [0.29, 0.717) is 28.1 Å². The van der Waals surface area contributed by atoms with Crippen molar-refractivity contribution < 1.29 is 4.39 Å². The second-order valence-electron chi connectivity index (χ2n) is 5.19. The number of imidazole rings is 1. The van der Waals surface area contributed by atoms with Gasteiger partial charge in [0.2, 0.25) is 0 Å². The molecule has 7 heteroatoms. The number of hydrogen-bond acceptors (Lipinski definition) is 4. The molecule has 0 aliphatic heterocycles. The average Bonchev–Trinajstić information content (AvgIpc) is 3.15.